The van der Waals surface area contributed by atoms with Crippen LogP contribution in [-0.2, 0) is 9.53 Å². The van der Waals surface area contributed by atoms with Gasteiger partial charge >= 0.3 is 0 Å². The maximum atomic E-state index is 11.2. The van der Waals surface area contributed by atoms with Gasteiger partial charge < -0.3 is 25.8 Å². The molecule has 2 aliphatic heterocycles. The Labute approximate surface area is 110 Å². The summed E-state index contributed by atoms with van der Waals surface area (Å²) in [5.41, 5.74) is 5.68. The van der Waals surface area contributed by atoms with Crippen molar-refractivity contribution in [2.24, 2.45) is 5.73 Å². The van der Waals surface area contributed by atoms with Gasteiger partial charge in [-0.15, -0.1) is 0 Å². The summed E-state index contributed by atoms with van der Waals surface area (Å²) in [6.45, 7) is -0.116. The zero-order chi connectivity index (χ0) is 14.2. The summed E-state index contributed by atoms with van der Waals surface area (Å²) in [5.74, 6) is -0.527. The summed E-state index contributed by atoms with van der Waals surface area (Å²) in [4.78, 5) is 11.2. The van der Waals surface area contributed by atoms with E-state index in [1.54, 1.807) is 25.4 Å². The Morgan fingerprint density at radius 2 is 2.21 bits per heavy atom. The van der Waals surface area contributed by atoms with Crippen molar-refractivity contribution in [1.29, 1.82) is 0 Å². The molecule has 2 unspecified atom stereocenters. The maximum absolute atomic E-state index is 11.2. The largest absolute Gasteiger partial charge is 0.394 e. The van der Waals surface area contributed by atoms with Crippen LogP contribution in [0.3, 0.4) is 0 Å². The number of allylic oxidation sites excluding steroid dienone is 2. The molecule has 7 nitrogen and oxygen atoms in total. The Kier molecular flexibility index (Phi) is 3.75. The Morgan fingerprint density at radius 1 is 1.53 bits per heavy atom. The average molecular weight is 271 g/mol. The van der Waals surface area contributed by atoms with Crippen LogP contribution < -0.4 is 5.73 Å². The van der Waals surface area contributed by atoms with E-state index in [0.717, 1.165) is 0 Å². The summed E-state index contributed by atoms with van der Waals surface area (Å²) in [6.07, 6.45) is 1.16. The lowest BCUT2D eigenvalue weighted by Gasteiger charge is -2.38. The van der Waals surface area contributed by atoms with Crippen LogP contribution >= 0.6 is 0 Å². The minimum Gasteiger partial charge on any atom is -0.394 e. The number of aliphatic hydroxyl groups excluding tert-OH is 3. The van der Waals surface area contributed by atoms with Gasteiger partial charge in [0.25, 0.3) is 0 Å². The lowest BCUT2D eigenvalue weighted by atomic mass is 10.1. The molecule has 7 heteroatoms. The van der Waals surface area contributed by atoms with Crippen molar-refractivity contribution in [3.05, 3.63) is 23.9 Å². The summed E-state index contributed by atoms with van der Waals surface area (Å²) in [5, 5.41) is 28.9. The molecule has 0 aromatic heterocycles. The Balaban J connectivity index is 2.21. The van der Waals surface area contributed by atoms with Gasteiger partial charge in [-0.25, -0.2) is 0 Å². The predicted octanol–water partition coefficient (Wildman–Crippen LogP) is -2.19. The normalized spacial score (nSPS) is 42.2. The molecule has 106 valence electrons. The summed E-state index contributed by atoms with van der Waals surface area (Å²) < 4.78 is 5.58. The number of nitrogens with two attached hydrogens (primary N) is 1. The molecule has 2 rings (SSSR count). The van der Waals surface area contributed by atoms with Gasteiger partial charge in [-0.05, 0) is 12.2 Å². The van der Waals surface area contributed by atoms with E-state index < -0.39 is 30.4 Å². The highest BCUT2D eigenvalue weighted by Crippen LogP contribution is 2.30. The van der Waals surface area contributed by atoms with Gasteiger partial charge in [0.15, 0.2) is 6.10 Å². The first-order chi connectivity index (χ1) is 8.89. The lowest BCUT2D eigenvalue weighted by molar-refractivity contribution is -0.907. The van der Waals surface area contributed by atoms with Gasteiger partial charge in [0, 0.05) is 0 Å². The van der Waals surface area contributed by atoms with Crippen molar-refractivity contribution in [2.75, 3.05) is 20.2 Å². The van der Waals surface area contributed by atoms with Crippen molar-refractivity contribution in [3.8, 4) is 0 Å². The van der Waals surface area contributed by atoms with Crippen LogP contribution in [0.2, 0.25) is 0 Å². The molecule has 1 saturated heterocycles. The molecule has 0 aliphatic carbocycles. The van der Waals surface area contributed by atoms with E-state index in [4.69, 9.17) is 15.6 Å². The lowest BCUT2D eigenvalue weighted by Crippen LogP contribution is -2.56. The molecule has 5 atom stereocenters. The Bertz CT molecular complexity index is 436. The first kappa shape index (κ1) is 14.2. The van der Waals surface area contributed by atoms with E-state index in [0.29, 0.717) is 5.57 Å². The highest BCUT2D eigenvalue weighted by Gasteiger charge is 2.52. The fourth-order valence-electron chi connectivity index (χ4n) is 2.53. The molecule has 0 aromatic rings. The van der Waals surface area contributed by atoms with E-state index in [9.17, 15) is 15.0 Å². The second kappa shape index (κ2) is 5.03. The Hall–Kier alpha value is -1.25. The van der Waals surface area contributed by atoms with Crippen molar-refractivity contribution in [1.82, 2.24) is 0 Å². The zero-order valence-electron chi connectivity index (χ0n) is 10.6. The highest BCUT2D eigenvalue weighted by atomic mass is 16.6. The van der Waals surface area contributed by atoms with Crippen LogP contribution in [0.5, 0.6) is 0 Å². The number of likely N-dealkylation sites (N-methyl/N-ethyl adjacent to an activating group) is 1. The first-order valence-corrected chi connectivity index (χ1v) is 6.04. The van der Waals surface area contributed by atoms with Crippen LogP contribution in [0.15, 0.2) is 23.9 Å². The number of primary amides is 1. The maximum Gasteiger partial charge on any atom is 0.250 e. The van der Waals surface area contributed by atoms with Crippen LogP contribution in [0.4, 0.5) is 0 Å². The van der Waals surface area contributed by atoms with Crippen LogP contribution in [0, 0.1) is 0 Å². The quantitative estimate of drug-likeness (QED) is 0.436. The smallest absolute Gasteiger partial charge is 0.250 e. The minimum atomic E-state index is -1.15. The minimum absolute atomic E-state index is 0.0868. The number of hydrogen-bond donors (Lipinski definition) is 4. The number of ether oxygens (including phenoxy) is 1. The van der Waals surface area contributed by atoms with Gasteiger partial charge in [-0.2, -0.15) is 0 Å². The van der Waals surface area contributed by atoms with Crippen molar-refractivity contribution >= 4 is 5.91 Å². The molecule has 0 spiro atoms. The number of amides is 1. The third-order valence-corrected chi connectivity index (χ3v) is 3.65. The number of quaternary nitrogens is 1. The third-order valence-electron chi connectivity index (χ3n) is 3.65. The third kappa shape index (κ3) is 2.43. The van der Waals surface area contributed by atoms with E-state index >= 15 is 0 Å². The highest BCUT2D eigenvalue weighted by molar-refractivity contribution is 5.92. The van der Waals surface area contributed by atoms with E-state index in [1.807, 2.05) is 0 Å². The van der Waals surface area contributed by atoms with Crippen LogP contribution in [0.25, 0.3) is 0 Å². The fourth-order valence-corrected chi connectivity index (χ4v) is 2.53. The molecule has 0 radical (unpaired) electrons. The SMILES string of the molecule is C[N+]1([C@@H]2O[C@H](CO)C(O)[C@@H]2O)C=CC=C(C(N)=O)C1. The number of aliphatic hydroxyl groups is 3. The zero-order valence-corrected chi connectivity index (χ0v) is 10.6. The standard InChI is InChI=1S/C12H18N2O5/c1-14(4-2-3-7(5-14)11(13)18)12-10(17)9(16)8(6-15)19-12/h2-4,8-10,12,15-17H,5-6H2,1H3,(H-,13,18)/p+1/t8-,9?,10+,12-,14?/m1/s1. The predicted molar refractivity (Wildman–Crippen MR) is 65.2 cm³/mol. The van der Waals surface area contributed by atoms with Gasteiger partial charge in [-0.3, -0.25) is 9.28 Å². The number of hydrogen-bond acceptors (Lipinski definition) is 5. The molecule has 0 bridgehead atoms. The molecule has 0 aromatic carbocycles. The van der Waals surface area contributed by atoms with Gasteiger partial charge in [0.1, 0.15) is 18.8 Å². The summed E-state index contributed by atoms with van der Waals surface area (Å²) in [7, 11) is 1.76. The molecule has 2 heterocycles. The molecule has 1 fully saturated rings. The van der Waals surface area contributed by atoms with Crippen molar-refractivity contribution in [2.45, 2.75) is 24.5 Å². The molecular weight excluding hydrogens is 252 g/mol. The van der Waals surface area contributed by atoms with Crippen LogP contribution in [0.1, 0.15) is 0 Å². The van der Waals surface area contributed by atoms with Crippen LogP contribution in [-0.4, -0.2) is 70.4 Å². The first-order valence-electron chi connectivity index (χ1n) is 6.04. The number of carbonyl (C=O) groups excluding carboxylic acids is 1. The summed E-state index contributed by atoms with van der Waals surface area (Å²) in [6, 6.07) is 0. The molecule has 19 heavy (non-hydrogen) atoms. The van der Waals surface area contributed by atoms with Gasteiger partial charge in [0.2, 0.25) is 12.1 Å². The number of rotatable bonds is 3. The topological polar surface area (TPSA) is 113 Å². The van der Waals surface area contributed by atoms with E-state index in [-0.39, 0.29) is 17.6 Å². The number of nitrogens with zero attached hydrogens (tertiary/aromatic N) is 1. The molecule has 2 aliphatic rings. The summed E-state index contributed by atoms with van der Waals surface area (Å²) >= 11 is 0. The monoisotopic (exact) mass is 271 g/mol. The Morgan fingerprint density at radius 3 is 2.74 bits per heavy atom. The van der Waals surface area contributed by atoms with Gasteiger partial charge in [-0.1, -0.05) is 0 Å². The van der Waals surface area contributed by atoms with E-state index in [1.165, 1.54) is 0 Å². The second-order valence-electron chi connectivity index (χ2n) is 5.13. The molecule has 5 N–H and O–H groups in total. The van der Waals surface area contributed by atoms with Gasteiger partial charge in [0.05, 0.1) is 25.4 Å². The van der Waals surface area contributed by atoms with E-state index in [2.05, 4.69) is 0 Å². The van der Waals surface area contributed by atoms with Crippen molar-refractivity contribution in [3.63, 3.8) is 0 Å². The van der Waals surface area contributed by atoms with Crippen molar-refractivity contribution < 1.29 is 29.3 Å². The molecule has 0 saturated carbocycles. The fraction of sp³-hybridized carbons (Fsp3) is 0.583. The average Bonchev–Trinajstić information content (AvgIpc) is 2.66. The number of carbonyl (C=O) groups is 1. The second-order valence-corrected chi connectivity index (χ2v) is 5.13. The molecular formula is C12H19N2O5+. The molecule has 1 amide bonds.